The number of benzene rings is 2. The summed E-state index contributed by atoms with van der Waals surface area (Å²) in [6, 6.07) is 17.1. The molecule has 0 unspecified atom stereocenters. The Kier molecular flexibility index (Phi) is 6.12. The van der Waals surface area contributed by atoms with E-state index in [1.165, 1.54) is 0 Å². The normalized spacial score (nSPS) is 11.9. The van der Waals surface area contributed by atoms with E-state index >= 15 is 0 Å². The number of rotatable bonds is 7. The quantitative estimate of drug-likeness (QED) is 0.400. The molecule has 2 aromatic carbocycles. The van der Waals surface area contributed by atoms with Gasteiger partial charge in [-0.15, -0.1) is 0 Å². The van der Waals surface area contributed by atoms with Gasteiger partial charge in [0.25, 0.3) is 0 Å². The van der Waals surface area contributed by atoms with Gasteiger partial charge in [-0.2, -0.15) is 0 Å². The van der Waals surface area contributed by atoms with E-state index in [1.54, 1.807) is 13.3 Å². The molecule has 0 amide bonds. The molecule has 6 heteroatoms. The van der Waals surface area contributed by atoms with Gasteiger partial charge in [-0.3, -0.25) is 0 Å². The largest absolute Gasteiger partial charge is 0.505 e. The van der Waals surface area contributed by atoms with Crippen LogP contribution in [0.25, 0.3) is 10.9 Å². The zero-order chi connectivity index (χ0) is 22.7. The lowest BCUT2D eigenvalue weighted by Crippen LogP contribution is -2.14. The van der Waals surface area contributed by atoms with Crippen molar-refractivity contribution in [1.29, 1.82) is 0 Å². The minimum Gasteiger partial charge on any atom is -0.505 e. The van der Waals surface area contributed by atoms with Crippen molar-refractivity contribution in [3.05, 3.63) is 83.2 Å². The van der Waals surface area contributed by atoms with Crippen molar-refractivity contribution >= 4 is 16.7 Å². The molecule has 1 atom stereocenters. The van der Waals surface area contributed by atoms with Crippen molar-refractivity contribution in [1.82, 2.24) is 9.97 Å². The molecule has 0 fully saturated rings. The van der Waals surface area contributed by atoms with Crippen molar-refractivity contribution in [2.75, 3.05) is 19.0 Å². The van der Waals surface area contributed by atoms with Crippen molar-refractivity contribution in [3.8, 4) is 17.2 Å². The summed E-state index contributed by atoms with van der Waals surface area (Å²) >= 11 is 0. The fourth-order valence-electron chi connectivity index (χ4n) is 3.76. The SMILES string of the molecule is CCOc1ccc([C@@H](Nc2cc(C)ccn2)c2ccc3ccc(C)nc3c2O)cc1OC. The van der Waals surface area contributed by atoms with E-state index in [0.29, 0.717) is 35.0 Å². The van der Waals surface area contributed by atoms with Gasteiger partial charge in [0, 0.05) is 22.8 Å². The van der Waals surface area contributed by atoms with Gasteiger partial charge in [0.2, 0.25) is 0 Å². The summed E-state index contributed by atoms with van der Waals surface area (Å²) in [4.78, 5) is 9.03. The first-order valence-corrected chi connectivity index (χ1v) is 10.6. The fourth-order valence-corrected chi connectivity index (χ4v) is 3.76. The van der Waals surface area contributed by atoms with Crippen LogP contribution in [0, 0.1) is 13.8 Å². The predicted molar refractivity (Wildman–Crippen MR) is 127 cm³/mol. The van der Waals surface area contributed by atoms with E-state index in [9.17, 15) is 5.11 Å². The van der Waals surface area contributed by atoms with Gasteiger partial charge < -0.3 is 19.9 Å². The maximum Gasteiger partial charge on any atom is 0.161 e. The highest BCUT2D eigenvalue weighted by atomic mass is 16.5. The van der Waals surface area contributed by atoms with Crippen LogP contribution < -0.4 is 14.8 Å². The number of nitrogens with one attached hydrogen (secondary N) is 1. The Balaban J connectivity index is 1.87. The second kappa shape index (κ2) is 9.14. The minimum atomic E-state index is -0.388. The number of aryl methyl sites for hydroxylation is 2. The average Bonchev–Trinajstić information content (AvgIpc) is 2.79. The topological polar surface area (TPSA) is 76.5 Å². The van der Waals surface area contributed by atoms with Crippen LogP contribution in [0.3, 0.4) is 0 Å². The molecule has 2 N–H and O–H groups in total. The van der Waals surface area contributed by atoms with Gasteiger partial charge in [0.05, 0.1) is 19.8 Å². The fraction of sp³-hybridized carbons (Fsp3) is 0.231. The van der Waals surface area contributed by atoms with Gasteiger partial charge in [0.1, 0.15) is 17.1 Å². The Morgan fingerprint density at radius 1 is 1.00 bits per heavy atom. The van der Waals surface area contributed by atoms with Crippen LogP contribution >= 0.6 is 0 Å². The highest BCUT2D eigenvalue weighted by molar-refractivity contribution is 5.86. The first-order valence-electron chi connectivity index (χ1n) is 10.6. The number of hydrogen-bond acceptors (Lipinski definition) is 6. The number of ether oxygens (including phenoxy) is 2. The molecule has 0 aliphatic heterocycles. The van der Waals surface area contributed by atoms with Crippen LogP contribution in [0.1, 0.15) is 35.3 Å². The predicted octanol–water partition coefficient (Wildman–Crippen LogP) is 5.56. The summed E-state index contributed by atoms with van der Waals surface area (Å²) in [5.74, 6) is 2.15. The van der Waals surface area contributed by atoms with E-state index in [0.717, 1.165) is 22.2 Å². The molecule has 2 heterocycles. The Morgan fingerprint density at radius 2 is 1.81 bits per heavy atom. The Labute approximate surface area is 187 Å². The van der Waals surface area contributed by atoms with Crippen molar-refractivity contribution < 1.29 is 14.6 Å². The standard InChI is InChI=1S/C26H27N3O3/c1-5-32-21-11-9-19(15-22(21)31-4)24(29-23-14-16(2)12-13-27-23)20-10-8-18-7-6-17(3)28-25(18)26(20)30/h6-15,24,30H,5H2,1-4H3,(H,27,29)/t24-/m1/s1. The molecule has 0 saturated carbocycles. The zero-order valence-corrected chi connectivity index (χ0v) is 18.7. The molecule has 0 bridgehead atoms. The molecule has 0 saturated heterocycles. The van der Waals surface area contributed by atoms with Crippen LogP contribution in [-0.4, -0.2) is 28.8 Å². The van der Waals surface area contributed by atoms with Gasteiger partial charge in [-0.25, -0.2) is 9.97 Å². The number of phenols is 1. The minimum absolute atomic E-state index is 0.143. The summed E-state index contributed by atoms with van der Waals surface area (Å²) in [6.45, 7) is 6.40. The third-order valence-corrected chi connectivity index (χ3v) is 5.35. The van der Waals surface area contributed by atoms with Crippen LogP contribution in [-0.2, 0) is 0 Å². The highest BCUT2D eigenvalue weighted by Crippen LogP contribution is 2.39. The smallest absolute Gasteiger partial charge is 0.161 e. The lowest BCUT2D eigenvalue weighted by atomic mass is 9.95. The molecule has 4 aromatic rings. The Bertz CT molecular complexity index is 1260. The number of fused-ring (bicyclic) bond motifs is 1. The van der Waals surface area contributed by atoms with Crippen molar-refractivity contribution in [2.45, 2.75) is 26.8 Å². The van der Waals surface area contributed by atoms with Gasteiger partial charge >= 0.3 is 0 Å². The summed E-state index contributed by atoms with van der Waals surface area (Å²) < 4.78 is 11.2. The van der Waals surface area contributed by atoms with E-state index in [1.807, 2.05) is 75.4 Å². The Hall–Kier alpha value is -3.80. The number of pyridine rings is 2. The number of methoxy groups -OCH3 is 1. The zero-order valence-electron chi connectivity index (χ0n) is 18.7. The molecule has 6 nitrogen and oxygen atoms in total. The second-order valence-electron chi connectivity index (χ2n) is 7.67. The third kappa shape index (κ3) is 4.30. The molecule has 32 heavy (non-hydrogen) atoms. The summed E-state index contributed by atoms with van der Waals surface area (Å²) in [6.07, 6.45) is 1.76. The molecule has 0 spiro atoms. The molecular formula is C26H27N3O3. The average molecular weight is 430 g/mol. The van der Waals surface area contributed by atoms with E-state index in [2.05, 4.69) is 15.3 Å². The summed E-state index contributed by atoms with van der Waals surface area (Å²) in [7, 11) is 1.62. The number of nitrogens with zero attached hydrogens (tertiary/aromatic N) is 2. The number of aromatic hydroxyl groups is 1. The van der Waals surface area contributed by atoms with E-state index in [4.69, 9.17) is 9.47 Å². The van der Waals surface area contributed by atoms with Crippen LogP contribution in [0.2, 0.25) is 0 Å². The van der Waals surface area contributed by atoms with Gasteiger partial charge in [0.15, 0.2) is 11.5 Å². The number of hydrogen-bond donors (Lipinski definition) is 2. The van der Waals surface area contributed by atoms with Crippen molar-refractivity contribution in [3.63, 3.8) is 0 Å². The lowest BCUT2D eigenvalue weighted by Gasteiger charge is -2.23. The van der Waals surface area contributed by atoms with Crippen LogP contribution in [0.15, 0.2) is 60.8 Å². The van der Waals surface area contributed by atoms with E-state index in [-0.39, 0.29) is 11.8 Å². The molecule has 164 valence electrons. The number of aromatic nitrogens is 2. The molecule has 2 aromatic heterocycles. The summed E-state index contributed by atoms with van der Waals surface area (Å²) in [5, 5.41) is 15.6. The molecule has 4 rings (SSSR count). The molecule has 0 aliphatic carbocycles. The molecule has 0 radical (unpaired) electrons. The highest BCUT2D eigenvalue weighted by Gasteiger charge is 2.22. The third-order valence-electron chi connectivity index (χ3n) is 5.35. The van der Waals surface area contributed by atoms with Crippen LogP contribution in [0.5, 0.6) is 17.2 Å². The monoisotopic (exact) mass is 429 g/mol. The number of anilines is 1. The second-order valence-corrected chi connectivity index (χ2v) is 7.67. The maximum absolute atomic E-state index is 11.2. The van der Waals surface area contributed by atoms with Crippen LogP contribution in [0.4, 0.5) is 5.82 Å². The first kappa shape index (κ1) is 21.4. The lowest BCUT2D eigenvalue weighted by molar-refractivity contribution is 0.310. The molecular weight excluding hydrogens is 402 g/mol. The van der Waals surface area contributed by atoms with E-state index < -0.39 is 0 Å². The Morgan fingerprint density at radius 3 is 2.56 bits per heavy atom. The number of phenolic OH excluding ortho intramolecular Hbond substituents is 1. The van der Waals surface area contributed by atoms with Gasteiger partial charge in [-0.05, 0) is 62.2 Å². The maximum atomic E-state index is 11.2. The first-order chi connectivity index (χ1) is 15.5. The summed E-state index contributed by atoms with van der Waals surface area (Å²) in [5.41, 5.74) is 4.11. The van der Waals surface area contributed by atoms with Gasteiger partial charge in [-0.1, -0.05) is 24.3 Å². The molecule has 0 aliphatic rings. The van der Waals surface area contributed by atoms with Crippen molar-refractivity contribution in [2.24, 2.45) is 0 Å².